The Balaban J connectivity index is 1.02. The maximum atomic E-state index is 15.8. The van der Waals surface area contributed by atoms with Crippen molar-refractivity contribution in [3.05, 3.63) is 120 Å². The number of carbonyl (C=O) groups excluding carboxylic acids is 17. The number of nitrogens with zero attached hydrogens (tertiary/aromatic N) is 5. The van der Waals surface area contributed by atoms with Gasteiger partial charge in [0.25, 0.3) is 0 Å². The number of thioether (sulfide) groups is 1. The second-order valence-corrected chi connectivity index (χ2v) is 36.7. The van der Waals surface area contributed by atoms with Crippen LogP contribution in [0.25, 0.3) is 21.8 Å². The van der Waals surface area contributed by atoms with E-state index in [1.54, 1.807) is 60.9 Å². The second-order valence-electron chi connectivity index (χ2n) is 35.7. The fourth-order valence-corrected chi connectivity index (χ4v) is 18.0. The lowest BCUT2D eigenvalue weighted by atomic mass is 10.00. The number of carbonyl (C=O) groups is 17. The number of para-hydroxylation sites is 2. The number of primary amides is 2. The van der Waals surface area contributed by atoms with Crippen molar-refractivity contribution in [2.75, 3.05) is 58.4 Å². The van der Waals surface area contributed by atoms with Gasteiger partial charge in [0.05, 0.1) is 43.5 Å². The number of rotatable bonds is 27. The van der Waals surface area contributed by atoms with Gasteiger partial charge in [-0.3, -0.25) is 86.9 Å². The van der Waals surface area contributed by atoms with Gasteiger partial charge in [0.1, 0.15) is 89.8 Å². The molecule has 45 heteroatoms. The Bertz CT molecular complexity index is 5320. The molecule has 25 N–H and O–H groups in total. The molecule has 1 spiro atoms. The molecule has 137 heavy (non-hydrogen) atoms. The van der Waals surface area contributed by atoms with Gasteiger partial charge in [-0.25, -0.2) is 4.98 Å². The van der Waals surface area contributed by atoms with E-state index in [-0.39, 0.29) is 120 Å². The van der Waals surface area contributed by atoms with Crippen LogP contribution in [0.2, 0.25) is 0 Å². The first-order chi connectivity index (χ1) is 65.4. The van der Waals surface area contributed by atoms with Gasteiger partial charge in [-0.2, -0.15) is 0 Å². The fourth-order valence-electron chi connectivity index (χ4n) is 17.1. The molecule has 10 rings (SSSR count). The number of phenols is 1. The molecular weight excluding hydrogens is 1790 g/mol. The number of H-pyrrole nitrogens is 3. The van der Waals surface area contributed by atoms with E-state index in [0.29, 0.717) is 64.2 Å². The third-order valence-corrected chi connectivity index (χ3v) is 25.9. The van der Waals surface area contributed by atoms with E-state index in [9.17, 15) is 58.5 Å². The molecule has 0 bridgehead atoms. The number of guanidine groups is 1. The molecule has 3 aromatic heterocycles. The van der Waals surface area contributed by atoms with Crippen molar-refractivity contribution in [3.8, 4) is 5.75 Å². The Morgan fingerprint density at radius 3 is 1.73 bits per heavy atom. The van der Waals surface area contributed by atoms with Gasteiger partial charge in [0, 0.05) is 112 Å². The molecule has 4 fully saturated rings. The molecule has 14 atom stereocenters. The number of nitrogens with one attached hydrogen (secondary N) is 16. The summed E-state index contributed by atoms with van der Waals surface area (Å²) in [6.07, 6.45) is 4.00. The summed E-state index contributed by atoms with van der Waals surface area (Å²) >= 11 is 0.765. The van der Waals surface area contributed by atoms with Crippen LogP contribution < -0.4 is 81.0 Å². The predicted octanol–water partition coefficient (Wildman–Crippen LogP) is -2.74. The lowest BCUT2D eigenvalue weighted by Crippen LogP contribution is -2.62. The first kappa shape index (κ1) is 105. The molecule has 4 aliphatic rings. The van der Waals surface area contributed by atoms with Crippen molar-refractivity contribution in [1.82, 2.24) is 103 Å². The lowest BCUT2D eigenvalue weighted by molar-refractivity contribution is -0.149. The van der Waals surface area contributed by atoms with Gasteiger partial charge in [-0.15, -0.1) is 11.8 Å². The SMILES string of the molecule is CCCC[C@H]1C(=O)N(C)[C@@H](CCCC)C(=O)N[C@@H](CCCNC(=N)N)C(=O)NC(C(=O)NCC(N)=O)CSCC(=O)N[C@@H](Cc2ccc(O)cc2)C(=O)NC2(CC2)C(=O)N[C@@H](CC(N)=O)C(=O)N2CCC[C@H]2C(=O)N[C@@H](Cc2c[nH]cn2)C(=O)N[C@@H](CCC(C)C)C(=O)N2C[C@H](O)C[C@H]2C(=O)N[C@@H](Cc2c[nH]c3ccccc23)C(=O)N[C@@H](CO)C(=O)N[C@@H](Cc2c[nH]c3ccccc23)C(=O)N1C. The molecule has 3 aliphatic heterocycles. The number of hydrogen-bond acceptors (Lipinski definition) is 23. The number of hydrogen-bond donors (Lipinski definition) is 22. The highest BCUT2D eigenvalue weighted by Crippen LogP contribution is 2.37. The Morgan fingerprint density at radius 2 is 1.13 bits per heavy atom. The highest BCUT2D eigenvalue weighted by molar-refractivity contribution is 8.00. The van der Waals surface area contributed by atoms with Gasteiger partial charge in [0.2, 0.25) is 100 Å². The van der Waals surface area contributed by atoms with Crippen LogP contribution in [-0.4, -0.2) is 310 Å². The van der Waals surface area contributed by atoms with E-state index in [4.69, 9.17) is 22.6 Å². The molecule has 1 unspecified atom stereocenters. The first-order valence-electron chi connectivity index (χ1n) is 46.2. The highest BCUT2D eigenvalue weighted by Gasteiger charge is 2.54. The number of aliphatic hydroxyl groups excluding tert-OH is 2. The van der Waals surface area contributed by atoms with E-state index in [1.807, 2.05) is 27.7 Å². The van der Waals surface area contributed by atoms with Crippen LogP contribution in [0.4, 0.5) is 0 Å². The van der Waals surface area contributed by atoms with Crippen LogP contribution in [0.5, 0.6) is 5.75 Å². The number of aromatic nitrogens is 4. The number of nitrogens with two attached hydrogens (primary N) is 3. The number of phenolic OH excluding ortho intramolecular Hbond substituents is 1. The summed E-state index contributed by atoms with van der Waals surface area (Å²) in [7, 11) is 2.69. The zero-order valence-corrected chi connectivity index (χ0v) is 78.5. The van der Waals surface area contributed by atoms with Gasteiger partial charge in [-0.05, 0) is 111 Å². The zero-order chi connectivity index (χ0) is 99.5. The normalized spacial score (nSPS) is 24.6. The summed E-state index contributed by atoms with van der Waals surface area (Å²) in [5.74, 6) is -17.7. The summed E-state index contributed by atoms with van der Waals surface area (Å²) in [6.45, 7) is 4.97. The second kappa shape index (κ2) is 49.7. The summed E-state index contributed by atoms with van der Waals surface area (Å²) in [6, 6.07) is -0.686. The minimum atomic E-state index is -1.89. The number of aliphatic hydroxyl groups is 2. The topological polar surface area (TPSA) is 670 Å². The Hall–Kier alpha value is -13.7. The van der Waals surface area contributed by atoms with E-state index in [2.05, 4.69) is 83.7 Å². The fraction of sp³-hybridized carbons (Fsp3) is 0.533. The molecule has 44 nitrogen and oxygen atoms in total. The molecule has 6 aromatic rings. The highest BCUT2D eigenvalue weighted by atomic mass is 32.2. The Morgan fingerprint density at radius 1 is 0.569 bits per heavy atom. The quantitative estimate of drug-likeness (QED) is 0.0141. The molecule has 6 heterocycles. The van der Waals surface area contributed by atoms with Gasteiger partial charge >= 0.3 is 0 Å². The maximum Gasteiger partial charge on any atom is 0.246 e. The number of unbranched alkanes of at least 4 members (excludes halogenated alkanes) is 2. The molecule has 3 aromatic carbocycles. The van der Waals surface area contributed by atoms with Crippen molar-refractivity contribution in [1.29, 1.82) is 5.41 Å². The van der Waals surface area contributed by atoms with Crippen LogP contribution >= 0.6 is 11.8 Å². The smallest absolute Gasteiger partial charge is 0.246 e. The van der Waals surface area contributed by atoms with E-state index >= 15 is 38.4 Å². The summed E-state index contributed by atoms with van der Waals surface area (Å²) < 4.78 is 0. The number of fused-ring (bicyclic) bond motifs is 4. The van der Waals surface area contributed by atoms with Crippen LogP contribution in [0, 0.1) is 11.3 Å². The molecular formula is C92H128N24O20S. The van der Waals surface area contributed by atoms with E-state index < -0.39 is 241 Å². The van der Waals surface area contributed by atoms with E-state index in [1.165, 1.54) is 50.9 Å². The lowest BCUT2D eigenvalue weighted by Gasteiger charge is -2.36. The van der Waals surface area contributed by atoms with Gasteiger partial charge in [0.15, 0.2) is 5.96 Å². The van der Waals surface area contributed by atoms with Crippen LogP contribution in [0.15, 0.2) is 97.7 Å². The van der Waals surface area contributed by atoms with Crippen LogP contribution in [0.3, 0.4) is 0 Å². The molecule has 742 valence electrons. The first-order valence-corrected chi connectivity index (χ1v) is 47.4. The molecule has 3 saturated heterocycles. The Labute approximate surface area is 795 Å². The minimum Gasteiger partial charge on any atom is -0.508 e. The van der Waals surface area contributed by atoms with Crippen molar-refractivity contribution in [2.24, 2.45) is 23.1 Å². The van der Waals surface area contributed by atoms with E-state index in [0.717, 1.165) is 31.4 Å². The summed E-state index contributed by atoms with van der Waals surface area (Å²) in [5, 5.41) is 74.0. The van der Waals surface area contributed by atoms with Crippen LogP contribution in [-0.2, 0) is 107 Å². The van der Waals surface area contributed by atoms with Crippen molar-refractivity contribution < 1.29 is 96.8 Å². The average Bonchev–Trinajstić information content (AvgIpc) is 1.61. The molecule has 1 aliphatic carbocycles. The van der Waals surface area contributed by atoms with Crippen molar-refractivity contribution in [2.45, 2.75) is 246 Å². The zero-order valence-electron chi connectivity index (χ0n) is 77.6. The maximum absolute atomic E-state index is 15.8. The van der Waals surface area contributed by atoms with Gasteiger partial charge in [-0.1, -0.05) is 102 Å². The summed E-state index contributed by atoms with van der Waals surface area (Å²) in [4.78, 5) is 269. The Kier molecular flexibility index (Phi) is 38.2. The number of aromatic amines is 3. The molecule has 1 saturated carbocycles. The van der Waals surface area contributed by atoms with Crippen LogP contribution in [0.1, 0.15) is 153 Å². The third-order valence-electron chi connectivity index (χ3n) is 24.9. The number of amides is 17. The number of benzene rings is 3. The number of imidazole rings is 1. The number of aromatic hydroxyl groups is 1. The summed E-state index contributed by atoms with van der Waals surface area (Å²) in [5.41, 5.74) is 18.0. The average molecular weight is 1920 g/mol. The van der Waals surface area contributed by atoms with Crippen molar-refractivity contribution in [3.63, 3.8) is 0 Å². The molecule has 17 amide bonds. The third kappa shape index (κ3) is 29.2. The largest absolute Gasteiger partial charge is 0.508 e. The molecule has 0 radical (unpaired) electrons. The standard InChI is InChI=1S/C92H128N24O20S/c1-7-9-22-70-83(129)104-61(21-15-33-98-91(95)96)78(124)110-69(77(123)101-44-75(94)121)47-137-48-76(122)103-63(35-51-26-28-55(118)29-27-51)82(128)112-92(31-32-92)90(136)111-67(40-74(93)120)88(134)115-34-16-24-71(115)84(130)107-65(38-54-43-97-49-102-54)80(126)105-62(30-25-50(3)4)87(133)116-45-56(119)39-73(116)85(131)106-64(36-52-41-99-59-19-13-11-17-57(52)59)79(125)109-68(46-117)81(127)108-66(37-53-42-100-60-20-14-12-18-58(53)60)86(132)114(6)72(23-10-8-2)89(135)113(70)5/h11-14,17-20,26-29,41-43,49-50,56,61-73,99-100,117-119H,7-10,15-16,21-25,30-40,44-48H2,1-6H3,(H2,93,120)(H2,94,121)(H,97,102)(H,101,123)(H,103,122)(H,104,129)(H,105,126)(H,106,131)(H,107,130)(H,108,127)(H,109,125)(H,110,124)(H,111,136)(H,112,128)(H4,95,96,98)/t56-,61+,62+,63+,64+,65+,66+,67+,68+,69?,70+,71+,72+,73+/m1/s1. The minimum absolute atomic E-state index is 0.0118. The monoisotopic (exact) mass is 1920 g/mol. The van der Waals surface area contributed by atoms with Crippen molar-refractivity contribution >= 4 is 140 Å². The predicted molar refractivity (Wildman–Crippen MR) is 502 cm³/mol. The van der Waals surface area contributed by atoms with Gasteiger partial charge < -0.3 is 131 Å². The number of likely N-dealkylation sites (N-methyl/N-ethyl adjacent to an activating group) is 2.